The van der Waals surface area contributed by atoms with Crippen molar-refractivity contribution >= 4 is 0 Å². The third-order valence-electron chi connectivity index (χ3n) is 8.01. The molecule has 0 aromatic rings. The number of rotatable bonds is 0. The van der Waals surface area contributed by atoms with Crippen LogP contribution in [0, 0.1) is 28.6 Å². The number of alkyl halides is 1. The summed E-state index contributed by atoms with van der Waals surface area (Å²) < 4.78 is 14.2. The highest BCUT2D eigenvalue weighted by atomic mass is 19.1. The van der Waals surface area contributed by atoms with E-state index in [1.165, 1.54) is 5.57 Å². The second kappa shape index (κ2) is 4.80. The third kappa shape index (κ3) is 1.84. The fourth-order valence-electron chi connectivity index (χ4n) is 6.59. The van der Waals surface area contributed by atoms with Crippen LogP contribution in [0.2, 0.25) is 0 Å². The lowest BCUT2D eigenvalue weighted by atomic mass is 9.48. The second-order valence-electron chi connectivity index (χ2n) is 8.90. The molecule has 0 aromatic carbocycles. The number of hydrogen-bond acceptors (Lipinski definition) is 2. The molecule has 0 radical (unpaired) electrons. The lowest BCUT2D eigenvalue weighted by Crippen LogP contribution is -2.51. The van der Waals surface area contributed by atoms with E-state index in [1.807, 2.05) is 0 Å². The molecular weight excluding hydrogens is 279 g/mol. The molecule has 0 heterocycles. The van der Waals surface area contributed by atoms with Gasteiger partial charge in [-0.25, -0.2) is 4.39 Å². The maximum Gasteiger partial charge on any atom is 0.127 e. The van der Waals surface area contributed by atoms with E-state index in [0.717, 1.165) is 38.5 Å². The van der Waals surface area contributed by atoms with Gasteiger partial charge in [0.2, 0.25) is 0 Å². The molecule has 2 N–H and O–H groups in total. The molecular formula is C19H29FO2. The summed E-state index contributed by atoms with van der Waals surface area (Å²) in [6, 6.07) is 0. The van der Waals surface area contributed by atoms with Crippen LogP contribution in [0.25, 0.3) is 0 Å². The van der Waals surface area contributed by atoms with Gasteiger partial charge in [0.25, 0.3) is 0 Å². The van der Waals surface area contributed by atoms with Crippen molar-refractivity contribution in [3.05, 3.63) is 11.6 Å². The van der Waals surface area contributed by atoms with E-state index in [4.69, 9.17) is 0 Å². The van der Waals surface area contributed by atoms with Crippen molar-refractivity contribution in [1.82, 2.24) is 0 Å². The first-order valence-corrected chi connectivity index (χ1v) is 9.06. The lowest BCUT2D eigenvalue weighted by molar-refractivity contribution is -0.0763. The Bertz CT molecular complexity index is 504. The fourth-order valence-corrected chi connectivity index (χ4v) is 6.59. The maximum atomic E-state index is 14.2. The Morgan fingerprint density at radius 1 is 1.14 bits per heavy atom. The minimum atomic E-state index is -1.04. The van der Waals surface area contributed by atoms with Gasteiger partial charge in [0.05, 0.1) is 12.2 Å². The minimum Gasteiger partial charge on any atom is -0.393 e. The van der Waals surface area contributed by atoms with Crippen LogP contribution in [-0.2, 0) is 0 Å². The molecule has 0 aliphatic heterocycles. The summed E-state index contributed by atoms with van der Waals surface area (Å²) in [6.07, 6.45) is 6.76. The van der Waals surface area contributed by atoms with Gasteiger partial charge in [-0.15, -0.1) is 0 Å². The topological polar surface area (TPSA) is 40.5 Å². The number of allylic oxidation sites excluding steroid dienone is 1. The average Bonchev–Trinajstić information content (AvgIpc) is 2.72. The van der Waals surface area contributed by atoms with Crippen LogP contribution in [0.5, 0.6) is 0 Å². The van der Waals surface area contributed by atoms with Crippen LogP contribution in [0.3, 0.4) is 0 Å². The summed E-state index contributed by atoms with van der Waals surface area (Å²) in [5, 5.41) is 20.3. The predicted molar refractivity (Wildman–Crippen MR) is 84.0 cm³/mol. The zero-order chi connectivity index (χ0) is 15.7. The van der Waals surface area contributed by atoms with Crippen LogP contribution >= 0.6 is 0 Å². The summed E-state index contributed by atoms with van der Waals surface area (Å²) >= 11 is 0. The highest BCUT2D eigenvalue weighted by Crippen LogP contribution is 2.65. The van der Waals surface area contributed by atoms with Crippen molar-refractivity contribution in [3.63, 3.8) is 0 Å². The van der Waals surface area contributed by atoms with Gasteiger partial charge in [-0.1, -0.05) is 25.5 Å². The number of aliphatic hydroxyl groups excluding tert-OH is 2. The van der Waals surface area contributed by atoms with E-state index in [2.05, 4.69) is 19.9 Å². The molecule has 4 rings (SSSR count). The lowest BCUT2D eigenvalue weighted by Gasteiger charge is -2.57. The summed E-state index contributed by atoms with van der Waals surface area (Å²) in [4.78, 5) is 0. The number of fused-ring (bicyclic) bond motifs is 5. The molecule has 0 spiro atoms. The third-order valence-corrected chi connectivity index (χ3v) is 8.01. The first-order chi connectivity index (χ1) is 10.4. The Morgan fingerprint density at radius 3 is 2.68 bits per heavy atom. The van der Waals surface area contributed by atoms with E-state index >= 15 is 0 Å². The van der Waals surface area contributed by atoms with Gasteiger partial charge in [-0.2, -0.15) is 0 Å². The summed E-state index contributed by atoms with van der Waals surface area (Å²) in [5.74, 6) is 1.44. The van der Waals surface area contributed by atoms with E-state index in [9.17, 15) is 14.6 Å². The first kappa shape index (κ1) is 15.1. The van der Waals surface area contributed by atoms with Crippen LogP contribution < -0.4 is 0 Å². The summed E-state index contributed by atoms with van der Waals surface area (Å²) in [7, 11) is 0. The van der Waals surface area contributed by atoms with Crippen LogP contribution in [0.4, 0.5) is 4.39 Å². The smallest absolute Gasteiger partial charge is 0.127 e. The Hall–Kier alpha value is -0.410. The molecule has 3 saturated carbocycles. The van der Waals surface area contributed by atoms with Crippen molar-refractivity contribution in [2.75, 3.05) is 0 Å². The first-order valence-electron chi connectivity index (χ1n) is 9.06. The van der Waals surface area contributed by atoms with Crippen molar-refractivity contribution in [3.8, 4) is 0 Å². The number of halogens is 1. The Kier molecular flexibility index (Phi) is 3.30. The average molecular weight is 308 g/mol. The molecule has 8 atom stereocenters. The van der Waals surface area contributed by atoms with Crippen LogP contribution in [0.15, 0.2) is 11.6 Å². The second-order valence-corrected chi connectivity index (χ2v) is 8.90. The molecule has 0 aromatic heterocycles. The van der Waals surface area contributed by atoms with Crippen LogP contribution in [0.1, 0.15) is 58.8 Å². The zero-order valence-electron chi connectivity index (χ0n) is 13.8. The van der Waals surface area contributed by atoms with Gasteiger partial charge >= 0.3 is 0 Å². The van der Waals surface area contributed by atoms with Gasteiger partial charge in [0, 0.05) is 0 Å². The van der Waals surface area contributed by atoms with E-state index in [-0.39, 0.29) is 16.9 Å². The largest absolute Gasteiger partial charge is 0.393 e. The number of aliphatic hydroxyl groups is 2. The highest BCUT2D eigenvalue weighted by Gasteiger charge is 2.61. The van der Waals surface area contributed by atoms with Crippen molar-refractivity contribution in [1.29, 1.82) is 0 Å². The Morgan fingerprint density at radius 2 is 1.91 bits per heavy atom. The molecule has 22 heavy (non-hydrogen) atoms. The summed E-state index contributed by atoms with van der Waals surface area (Å²) in [5.41, 5.74) is 1.42. The van der Waals surface area contributed by atoms with E-state index < -0.39 is 12.3 Å². The quantitative estimate of drug-likeness (QED) is 0.671. The highest BCUT2D eigenvalue weighted by molar-refractivity contribution is 5.25. The standard InChI is InChI=1S/C19H29FO2/c1-18-7-5-12(21)9-11(18)3-4-13-14(18)6-8-19(2)15(13)10-16(20)17(19)22/h3,12-17,21-22H,4-10H2,1-2H3/t12-,13+,14-,15-,16+,17+,18-,19-/m0/s1. The van der Waals surface area contributed by atoms with E-state index in [1.54, 1.807) is 0 Å². The molecule has 0 amide bonds. The molecule has 0 saturated heterocycles. The zero-order valence-corrected chi connectivity index (χ0v) is 13.8. The molecule has 3 heteroatoms. The molecule has 4 aliphatic carbocycles. The van der Waals surface area contributed by atoms with Crippen LogP contribution in [-0.4, -0.2) is 28.6 Å². The predicted octanol–water partition coefficient (Wildman–Crippen LogP) is 3.62. The molecule has 3 fully saturated rings. The van der Waals surface area contributed by atoms with Gasteiger partial charge in [-0.05, 0) is 73.5 Å². The van der Waals surface area contributed by atoms with Crippen molar-refractivity contribution in [2.24, 2.45) is 28.6 Å². The normalized spacial score (nSPS) is 57.6. The maximum absolute atomic E-state index is 14.2. The van der Waals surface area contributed by atoms with Crippen molar-refractivity contribution in [2.45, 2.75) is 77.2 Å². The van der Waals surface area contributed by atoms with Gasteiger partial charge in [0.1, 0.15) is 6.17 Å². The molecule has 2 nitrogen and oxygen atoms in total. The number of hydrogen-bond donors (Lipinski definition) is 2. The fraction of sp³-hybridized carbons (Fsp3) is 0.895. The van der Waals surface area contributed by atoms with Gasteiger partial charge in [-0.3, -0.25) is 0 Å². The molecule has 0 unspecified atom stereocenters. The minimum absolute atomic E-state index is 0.173. The Balaban J connectivity index is 1.68. The summed E-state index contributed by atoms with van der Waals surface area (Å²) in [6.45, 7) is 4.49. The van der Waals surface area contributed by atoms with Gasteiger partial charge < -0.3 is 10.2 Å². The Labute approximate surface area is 132 Å². The molecule has 124 valence electrons. The molecule has 4 aliphatic rings. The van der Waals surface area contributed by atoms with Gasteiger partial charge in [0.15, 0.2) is 0 Å². The molecule has 0 bridgehead atoms. The van der Waals surface area contributed by atoms with E-state index in [0.29, 0.717) is 24.2 Å². The van der Waals surface area contributed by atoms with Crippen molar-refractivity contribution < 1.29 is 14.6 Å². The SMILES string of the molecule is C[C@]12CC[C@H]3[C@@H](CC=C4C[C@@H](O)CC[C@@]43C)[C@@H]1C[C@@H](F)[C@H]2O. The monoisotopic (exact) mass is 308 g/mol.